The summed E-state index contributed by atoms with van der Waals surface area (Å²) in [5.74, 6) is -1.15. The molecule has 0 unspecified atom stereocenters. The Kier molecular flexibility index (Phi) is 4.62. The fourth-order valence-electron chi connectivity index (χ4n) is 2.88. The van der Waals surface area contributed by atoms with Crippen LogP contribution in [0.25, 0.3) is 0 Å². The molecule has 25 heavy (non-hydrogen) atoms. The first-order chi connectivity index (χ1) is 11.8. The lowest BCUT2D eigenvalue weighted by molar-refractivity contribution is 0.0112. The standard InChI is InChI=1S/C19H17ClFNO3/c1-19(2,11-25-10-14-15(20)8-5-9-16(14)21)22-17(23)12-6-3-4-7-13(12)18(22)24/h3-9H,10-11H2,1-2H3. The largest absolute Gasteiger partial charge is 0.374 e. The lowest BCUT2D eigenvalue weighted by Gasteiger charge is -2.33. The van der Waals surface area contributed by atoms with Crippen molar-refractivity contribution >= 4 is 23.4 Å². The van der Waals surface area contributed by atoms with Gasteiger partial charge in [-0.1, -0.05) is 29.8 Å². The van der Waals surface area contributed by atoms with Gasteiger partial charge in [0.05, 0.1) is 29.9 Å². The number of amides is 2. The van der Waals surface area contributed by atoms with Crippen molar-refractivity contribution in [3.63, 3.8) is 0 Å². The number of fused-ring (bicyclic) bond motifs is 1. The normalized spacial score (nSPS) is 14.2. The maximum atomic E-state index is 13.8. The van der Waals surface area contributed by atoms with Gasteiger partial charge in [0.1, 0.15) is 5.82 Å². The molecule has 0 radical (unpaired) electrons. The monoisotopic (exact) mass is 361 g/mol. The van der Waals surface area contributed by atoms with Crippen LogP contribution in [0.4, 0.5) is 4.39 Å². The lowest BCUT2D eigenvalue weighted by atomic mass is 10.0. The minimum absolute atomic E-state index is 0.0435. The third-order valence-electron chi connectivity index (χ3n) is 4.16. The van der Waals surface area contributed by atoms with E-state index in [2.05, 4.69) is 0 Å². The van der Waals surface area contributed by atoms with Gasteiger partial charge in [-0.25, -0.2) is 4.39 Å². The summed E-state index contributed by atoms with van der Waals surface area (Å²) in [6.07, 6.45) is 0. The Bertz CT molecular complexity index is 795. The Morgan fingerprint density at radius 1 is 1.04 bits per heavy atom. The Morgan fingerprint density at radius 3 is 2.20 bits per heavy atom. The summed E-state index contributed by atoms with van der Waals surface area (Å²) in [5, 5.41) is 0.276. The number of hydrogen-bond acceptors (Lipinski definition) is 3. The van der Waals surface area contributed by atoms with Crippen LogP contribution in [0, 0.1) is 5.82 Å². The average molecular weight is 362 g/mol. The summed E-state index contributed by atoms with van der Waals surface area (Å²) in [4.78, 5) is 26.3. The van der Waals surface area contributed by atoms with Gasteiger partial charge in [0.25, 0.3) is 11.8 Å². The van der Waals surface area contributed by atoms with Crippen molar-refractivity contribution in [2.75, 3.05) is 6.61 Å². The highest BCUT2D eigenvalue weighted by molar-refractivity contribution is 6.31. The average Bonchev–Trinajstić information content (AvgIpc) is 2.82. The minimum Gasteiger partial charge on any atom is -0.374 e. The molecule has 1 heterocycles. The topological polar surface area (TPSA) is 46.6 Å². The van der Waals surface area contributed by atoms with Crippen molar-refractivity contribution in [3.8, 4) is 0 Å². The number of rotatable bonds is 5. The molecule has 0 aliphatic carbocycles. The summed E-state index contributed by atoms with van der Waals surface area (Å²) in [6, 6.07) is 11.1. The van der Waals surface area contributed by atoms with Gasteiger partial charge in [-0.3, -0.25) is 14.5 Å². The van der Waals surface area contributed by atoms with Gasteiger partial charge in [-0.2, -0.15) is 0 Å². The SMILES string of the molecule is CC(C)(COCc1c(F)cccc1Cl)N1C(=O)c2ccccc2C1=O. The van der Waals surface area contributed by atoms with Crippen LogP contribution in [-0.2, 0) is 11.3 Å². The molecule has 0 bridgehead atoms. The molecule has 0 N–H and O–H groups in total. The third-order valence-corrected chi connectivity index (χ3v) is 4.52. The van der Waals surface area contributed by atoms with Gasteiger partial charge in [0.15, 0.2) is 0 Å². The molecular weight excluding hydrogens is 345 g/mol. The number of halogens is 2. The zero-order chi connectivity index (χ0) is 18.2. The van der Waals surface area contributed by atoms with Gasteiger partial charge in [0, 0.05) is 10.6 Å². The van der Waals surface area contributed by atoms with Gasteiger partial charge < -0.3 is 4.74 Å². The summed E-state index contributed by atoms with van der Waals surface area (Å²) in [5.41, 5.74) is 0.142. The Balaban J connectivity index is 1.73. The Hall–Kier alpha value is -2.24. The maximum absolute atomic E-state index is 13.8. The Labute approximate surface area is 150 Å². The van der Waals surface area contributed by atoms with Crippen LogP contribution >= 0.6 is 11.6 Å². The van der Waals surface area contributed by atoms with E-state index in [1.165, 1.54) is 17.0 Å². The van der Waals surface area contributed by atoms with Gasteiger partial charge >= 0.3 is 0 Å². The highest BCUT2D eigenvalue weighted by atomic mass is 35.5. The van der Waals surface area contributed by atoms with Crippen molar-refractivity contribution in [1.29, 1.82) is 0 Å². The van der Waals surface area contributed by atoms with Gasteiger partial charge in [-0.15, -0.1) is 0 Å². The number of benzene rings is 2. The highest BCUT2D eigenvalue weighted by Gasteiger charge is 2.44. The molecule has 2 aromatic carbocycles. The van der Waals surface area contributed by atoms with Gasteiger partial charge in [-0.05, 0) is 38.1 Å². The molecule has 1 aliphatic heterocycles. The molecular formula is C19H17ClFNO3. The first-order valence-electron chi connectivity index (χ1n) is 7.81. The molecule has 1 aliphatic rings. The molecule has 2 amide bonds. The summed E-state index contributed by atoms with van der Waals surface area (Å²) < 4.78 is 19.4. The molecule has 0 saturated heterocycles. The van der Waals surface area contributed by atoms with Crippen molar-refractivity contribution in [1.82, 2.24) is 4.90 Å². The minimum atomic E-state index is -0.884. The van der Waals surface area contributed by atoms with Crippen molar-refractivity contribution in [2.24, 2.45) is 0 Å². The van der Waals surface area contributed by atoms with Gasteiger partial charge in [0.2, 0.25) is 0 Å². The number of imide groups is 1. The fraction of sp³-hybridized carbons (Fsp3) is 0.263. The first kappa shape index (κ1) is 17.6. The van der Waals surface area contributed by atoms with Crippen LogP contribution in [0.3, 0.4) is 0 Å². The second-order valence-corrected chi connectivity index (χ2v) is 6.90. The molecule has 2 aromatic rings. The lowest BCUT2D eigenvalue weighted by Crippen LogP contribution is -2.50. The number of hydrogen-bond donors (Lipinski definition) is 0. The predicted molar refractivity (Wildman–Crippen MR) is 92.1 cm³/mol. The molecule has 0 saturated carbocycles. The quantitative estimate of drug-likeness (QED) is 0.754. The number of carbonyl (C=O) groups is 2. The number of carbonyl (C=O) groups excluding carboxylic acids is 2. The highest BCUT2D eigenvalue weighted by Crippen LogP contribution is 2.30. The van der Waals surface area contributed by atoms with E-state index in [9.17, 15) is 14.0 Å². The van der Waals surface area contributed by atoms with E-state index in [4.69, 9.17) is 16.3 Å². The first-order valence-corrected chi connectivity index (χ1v) is 8.19. The van der Waals surface area contributed by atoms with E-state index in [0.29, 0.717) is 11.1 Å². The Morgan fingerprint density at radius 2 is 1.64 bits per heavy atom. The van der Waals surface area contributed by atoms with E-state index >= 15 is 0 Å². The molecule has 0 fully saturated rings. The van der Waals surface area contributed by atoms with Crippen molar-refractivity contribution in [3.05, 3.63) is 70.0 Å². The van der Waals surface area contributed by atoms with Crippen molar-refractivity contribution < 1.29 is 18.7 Å². The van der Waals surface area contributed by atoms with E-state index < -0.39 is 11.4 Å². The molecule has 3 rings (SSSR count). The van der Waals surface area contributed by atoms with Crippen LogP contribution in [0.1, 0.15) is 40.1 Å². The smallest absolute Gasteiger partial charge is 0.262 e. The second kappa shape index (κ2) is 6.58. The fourth-order valence-corrected chi connectivity index (χ4v) is 3.09. The van der Waals surface area contributed by atoms with Crippen LogP contribution in [0.15, 0.2) is 42.5 Å². The number of nitrogens with zero attached hydrogens (tertiary/aromatic N) is 1. The second-order valence-electron chi connectivity index (χ2n) is 6.50. The molecule has 0 spiro atoms. The number of ether oxygens (including phenoxy) is 1. The summed E-state index contributed by atoms with van der Waals surface area (Å²) >= 11 is 5.98. The van der Waals surface area contributed by atoms with Crippen LogP contribution < -0.4 is 0 Å². The zero-order valence-corrected chi connectivity index (χ0v) is 14.6. The van der Waals surface area contributed by atoms with E-state index in [0.717, 1.165) is 0 Å². The summed E-state index contributed by atoms with van der Waals surface area (Å²) in [7, 11) is 0. The third kappa shape index (κ3) is 3.17. The van der Waals surface area contributed by atoms with E-state index in [1.54, 1.807) is 44.2 Å². The predicted octanol–water partition coefficient (Wildman–Crippen LogP) is 4.07. The zero-order valence-electron chi connectivity index (χ0n) is 13.9. The molecule has 0 atom stereocenters. The molecule has 130 valence electrons. The van der Waals surface area contributed by atoms with E-state index in [-0.39, 0.29) is 35.6 Å². The summed E-state index contributed by atoms with van der Waals surface area (Å²) in [6.45, 7) is 3.48. The van der Waals surface area contributed by atoms with Crippen LogP contribution in [-0.4, -0.2) is 28.9 Å². The molecule has 0 aromatic heterocycles. The maximum Gasteiger partial charge on any atom is 0.262 e. The van der Waals surface area contributed by atoms with Crippen LogP contribution in [0.5, 0.6) is 0 Å². The molecule has 4 nitrogen and oxygen atoms in total. The van der Waals surface area contributed by atoms with Crippen LogP contribution in [0.2, 0.25) is 5.02 Å². The van der Waals surface area contributed by atoms with Crippen molar-refractivity contribution in [2.45, 2.75) is 26.0 Å². The van der Waals surface area contributed by atoms with E-state index in [1.807, 2.05) is 0 Å². The molecule has 6 heteroatoms.